The Morgan fingerprint density at radius 1 is 0.969 bits per heavy atom. The fourth-order valence-electron chi connectivity index (χ4n) is 3.32. The molecular weight excluding hydrogens is 424 g/mol. The molecule has 0 aliphatic rings. The van der Waals surface area contributed by atoms with E-state index in [0.717, 1.165) is 12.0 Å². The summed E-state index contributed by atoms with van der Waals surface area (Å²) in [7, 11) is 0. The van der Waals surface area contributed by atoms with Crippen molar-refractivity contribution in [2.75, 3.05) is 6.61 Å². The fraction of sp³-hybridized carbons (Fsp3) is 0.462. The first-order valence-electron chi connectivity index (χ1n) is 11.3. The molecular formula is C26H35ClN2O3. The highest BCUT2D eigenvalue weighted by molar-refractivity contribution is 6.30. The van der Waals surface area contributed by atoms with E-state index in [9.17, 15) is 9.59 Å². The van der Waals surface area contributed by atoms with Crippen LogP contribution in [-0.2, 0) is 16.1 Å². The van der Waals surface area contributed by atoms with Crippen molar-refractivity contribution in [1.29, 1.82) is 0 Å². The van der Waals surface area contributed by atoms with E-state index in [2.05, 4.69) is 19.2 Å². The third kappa shape index (κ3) is 7.56. The first kappa shape index (κ1) is 25.7. The van der Waals surface area contributed by atoms with Gasteiger partial charge < -0.3 is 15.0 Å². The van der Waals surface area contributed by atoms with Crippen molar-refractivity contribution in [1.82, 2.24) is 10.2 Å². The van der Waals surface area contributed by atoms with Crippen LogP contribution in [0.1, 0.15) is 64.5 Å². The number of carbonyl (C=O) groups is 2. The van der Waals surface area contributed by atoms with E-state index in [1.54, 1.807) is 17.0 Å². The average molecular weight is 459 g/mol. The van der Waals surface area contributed by atoms with E-state index >= 15 is 0 Å². The summed E-state index contributed by atoms with van der Waals surface area (Å²) in [5.41, 5.74) is 2.11. The minimum absolute atomic E-state index is 0.0414. The molecule has 0 bridgehead atoms. The molecule has 0 aromatic heterocycles. The number of hydrogen-bond donors (Lipinski definition) is 1. The van der Waals surface area contributed by atoms with E-state index in [1.807, 2.05) is 57.2 Å². The zero-order valence-corrected chi connectivity index (χ0v) is 20.5. The Kier molecular flexibility index (Phi) is 10.0. The van der Waals surface area contributed by atoms with E-state index in [-0.39, 0.29) is 24.5 Å². The predicted molar refractivity (Wildman–Crippen MR) is 130 cm³/mol. The van der Waals surface area contributed by atoms with Crippen LogP contribution in [0, 0.1) is 0 Å². The second kappa shape index (κ2) is 12.5. The summed E-state index contributed by atoms with van der Waals surface area (Å²) >= 11 is 6.01. The van der Waals surface area contributed by atoms with Crippen LogP contribution in [-0.4, -0.2) is 35.4 Å². The molecule has 2 atom stereocenters. The number of benzene rings is 2. The van der Waals surface area contributed by atoms with Gasteiger partial charge in [0.1, 0.15) is 11.8 Å². The lowest BCUT2D eigenvalue weighted by molar-refractivity contribution is -0.143. The van der Waals surface area contributed by atoms with Crippen molar-refractivity contribution in [2.45, 2.75) is 72.0 Å². The monoisotopic (exact) mass is 458 g/mol. The third-order valence-electron chi connectivity index (χ3n) is 5.56. The number of halogens is 1. The van der Waals surface area contributed by atoms with Gasteiger partial charge in [-0.2, -0.15) is 0 Å². The van der Waals surface area contributed by atoms with Crippen LogP contribution in [0.4, 0.5) is 0 Å². The van der Waals surface area contributed by atoms with Crippen molar-refractivity contribution in [3.8, 4) is 5.75 Å². The van der Waals surface area contributed by atoms with Crippen LogP contribution < -0.4 is 10.1 Å². The summed E-state index contributed by atoms with van der Waals surface area (Å²) in [5.74, 6) is 0.672. The zero-order valence-electron chi connectivity index (χ0n) is 19.7. The van der Waals surface area contributed by atoms with Gasteiger partial charge in [-0.3, -0.25) is 9.59 Å². The second-order valence-electron chi connectivity index (χ2n) is 8.40. The first-order valence-corrected chi connectivity index (χ1v) is 11.7. The number of carbonyl (C=O) groups excluding carboxylic acids is 2. The maximum Gasteiger partial charge on any atom is 0.261 e. The molecule has 174 valence electrons. The summed E-state index contributed by atoms with van der Waals surface area (Å²) in [6, 6.07) is 14.5. The molecule has 0 aliphatic carbocycles. The lowest BCUT2D eigenvalue weighted by atomic mass is 10.0. The molecule has 2 rings (SSSR count). The van der Waals surface area contributed by atoms with Crippen LogP contribution >= 0.6 is 11.6 Å². The smallest absolute Gasteiger partial charge is 0.261 e. The Bertz CT molecular complexity index is 866. The molecule has 0 heterocycles. The second-order valence-corrected chi connectivity index (χ2v) is 8.84. The molecule has 0 spiro atoms. The number of ether oxygens (including phenoxy) is 1. The van der Waals surface area contributed by atoms with Gasteiger partial charge in [0.25, 0.3) is 5.91 Å². The Balaban J connectivity index is 2.18. The minimum atomic E-state index is -0.584. The molecule has 6 heteroatoms. The maximum atomic E-state index is 13.2. The summed E-state index contributed by atoms with van der Waals surface area (Å²) in [6.07, 6.45) is 1.33. The van der Waals surface area contributed by atoms with E-state index in [4.69, 9.17) is 16.3 Å². The van der Waals surface area contributed by atoms with Crippen molar-refractivity contribution in [3.05, 3.63) is 64.7 Å². The molecule has 2 aromatic rings. The molecule has 1 N–H and O–H groups in total. The molecule has 0 saturated carbocycles. The van der Waals surface area contributed by atoms with Crippen LogP contribution in [0.15, 0.2) is 48.5 Å². The first-order chi connectivity index (χ1) is 15.2. The van der Waals surface area contributed by atoms with Gasteiger partial charge in [-0.1, -0.05) is 63.6 Å². The Morgan fingerprint density at radius 3 is 2.12 bits per heavy atom. The molecule has 2 amide bonds. The largest absolute Gasteiger partial charge is 0.484 e. The molecule has 0 saturated heterocycles. The van der Waals surface area contributed by atoms with Gasteiger partial charge in [-0.15, -0.1) is 0 Å². The third-order valence-corrected chi connectivity index (χ3v) is 5.81. The average Bonchev–Trinajstić information content (AvgIpc) is 2.78. The summed E-state index contributed by atoms with van der Waals surface area (Å²) in [4.78, 5) is 27.8. The highest BCUT2D eigenvalue weighted by Crippen LogP contribution is 2.20. The summed E-state index contributed by atoms with van der Waals surface area (Å²) < 4.78 is 5.77. The topological polar surface area (TPSA) is 58.6 Å². The molecule has 5 nitrogen and oxygen atoms in total. The van der Waals surface area contributed by atoms with Gasteiger partial charge in [0.05, 0.1) is 0 Å². The van der Waals surface area contributed by atoms with Gasteiger partial charge in [0, 0.05) is 17.6 Å². The van der Waals surface area contributed by atoms with E-state index < -0.39 is 6.04 Å². The normalized spacial score (nSPS) is 12.8. The standard InChI is InChI=1S/C26H35ClN2O3/c1-6-19(5)28-26(31)24(7-2)29(16-20-8-12-22(27)13-9-20)25(30)17-32-23-14-10-21(11-15-23)18(3)4/h8-15,18-19,24H,6-7,16-17H2,1-5H3,(H,28,31)/t19-,24-/m0/s1. The molecule has 0 radical (unpaired) electrons. The zero-order chi connectivity index (χ0) is 23.7. The SMILES string of the molecule is CC[C@H](C)NC(=O)[C@H](CC)N(Cc1ccc(Cl)cc1)C(=O)COc1ccc(C(C)C)cc1. The van der Waals surface area contributed by atoms with Crippen molar-refractivity contribution in [3.63, 3.8) is 0 Å². The number of rotatable bonds is 11. The summed E-state index contributed by atoms with van der Waals surface area (Å²) in [5, 5.41) is 3.63. The number of nitrogens with zero attached hydrogens (tertiary/aromatic N) is 1. The molecule has 32 heavy (non-hydrogen) atoms. The quantitative estimate of drug-likeness (QED) is 0.479. The Hall–Kier alpha value is -2.53. The Labute approximate surface area is 197 Å². The van der Waals surface area contributed by atoms with Gasteiger partial charge in [0.2, 0.25) is 5.91 Å². The highest BCUT2D eigenvalue weighted by Gasteiger charge is 2.29. The van der Waals surface area contributed by atoms with Crippen molar-refractivity contribution < 1.29 is 14.3 Å². The van der Waals surface area contributed by atoms with E-state index in [0.29, 0.717) is 29.7 Å². The molecule has 2 aromatic carbocycles. The lowest BCUT2D eigenvalue weighted by Gasteiger charge is -2.31. The van der Waals surface area contributed by atoms with E-state index in [1.165, 1.54) is 5.56 Å². The predicted octanol–water partition coefficient (Wildman–Crippen LogP) is 5.56. The number of nitrogens with one attached hydrogen (secondary N) is 1. The summed E-state index contributed by atoms with van der Waals surface area (Å²) in [6.45, 7) is 10.3. The van der Waals surface area contributed by atoms with Crippen LogP contribution in [0.25, 0.3) is 0 Å². The number of hydrogen-bond acceptors (Lipinski definition) is 3. The van der Waals surface area contributed by atoms with Crippen molar-refractivity contribution >= 4 is 23.4 Å². The number of amides is 2. The van der Waals surface area contributed by atoms with Crippen LogP contribution in [0.5, 0.6) is 5.75 Å². The lowest BCUT2D eigenvalue weighted by Crippen LogP contribution is -2.51. The van der Waals surface area contributed by atoms with Gasteiger partial charge in [-0.25, -0.2) is 0 Å². The van der Waals surface area contributed by atoms with Crippen LogP contribution in [0.3, 0.4) is 0 Å². The van der Waals surface area contributed by atoms with Gasteiger partial charge in [-0.05, 0) is 61.1 Å². The Morgan fingerprint density at radius 2 is 1.59 bits per heavy atom. The maximum absolute atomic E-state index is 13.2. The molecule has 0 aliphatic heterocycles. The van der Waals surface area contributed by atoms with Gasteiger partial charge in [0.15, 0.2) is 6.61 Å². The highest BCUT2D eigenvalue weighted by atomic mass is 35.5. The molecule has 0 fully saturated rings. The minimum Gasteiger partial charge on any atom is -0.484 e. The van der Waals surface area contributed by atoms with Gasteiger partial charge >= 0.3 is 0 Å². The molecule has 0 unspecified atom stereocenters. The van der Waals surface area contributed by atoms with Crippen molar-refractivity contribution in [2.24, 2.45) is 0 Å². The fourth-order valence-corrected chi connectivity index (χ4v) is 3.45. The van der Waals surface area contributed by atoms with Crippen LogP contribution in [0.2, 0.25) is 5.02 Å².